The molecule has 0 unspecified atom stereocenters. The summed E-state index contributed by atoms with van der Waals surface area (Å²) in [6.07, 6.45) is 5.49. The normalized spacial score (nSPS) is 17.8. The van der Waals surface area contributed by atoms with Crippen molar-refractivity contribution in [2.75, 3.05) is 29.9 Å². The molecule has 7 nitrogen and oxygen atoms in total. The van der Waals surface area contributed by atoms with Crippen LogP contribution in [0.2, 0.25) is 0 Å². The molecule has 0 bridgehead atoms. The zero-order valence-corrected chi connectivity index (χ0v) is 15.4. The number of rotatable bonds is 4. The Morgan fingerprint density at radius 3 is 2.84 bits per heavy atom. The van der Waals surface area contributed by atoms with E-state index in [2.05, 4.69) is 33.8 Å². The van der Waals surface area contributed by atoms with Gasteiger partial charge >= 0.3 is 0 Å². The number of hydrogen-bond acceptors (Lipinski definition) is 6. The number of aryl methyl sites for hydroxylation is 1. The maximum absolute atomic E-state index is 12.6. The van der Waals surface area contributed by atoms with E-state index in [1.165, 1.54) is 0 Å². The number of anilines is 2. The molecule has 134 valence electrons. The van der Waals surface area contributed by atoms with Gasteiger partial charge in [0, 0.05) is 44.1 Å². The molecule has 0 spiro atoms. The van der Waals surface area contributed by atoms with Crippen molar-refractivity contribution in [2.45, 2.75) is 45.7 Å². The summed E-state index contributed by atoms with van der Waals surface area (Å²) >= 11 is 0. The van der Waals surface area contributed by atoms with Crippen LogP contribution in [0.3, 0.4) is 0 Å². The summed E-state index contributed by atoms with van der Waals surface area (Å²) in [5.74, 6) is 0.730. The predicted octanol–water partition coefficient (Wildman–Crippen LogP) is 2.03. The van der Waals surface area contributed by atoms with Crippen molar-refractivity contribution in [1.29, 1.82) is 0 Å². The van der Waals surface area contributed by atoms with Gasteiger partial charge in [-0.3, -0.25) is 4.79 Å². The highest BCUT2D eigenvalue weighted by atomic mass is 16.1. The van der Waals surface area contributed by atoms with E-state index in [0.29, 0.717) is 12.6 Å². The molecule has 2 aromatic rings. The summed E-state index contributed by atoms with van der Waals surface area (Å²) in [6.45, 7) is 7.75. The minimum Gasteiger partial charge on any atom is -0.371 e. The maximum Gasteiger partial charge on any atom is 0.269 e. The van der Waals surface area contributed by atoms with Crippen molar-refractivity contribution in [3.63, 3.8) is 0 Å². The molecule has 3 rings (SSSR count). The van der Waals surface area contributed by atoms with Gasteiger partial charge in [0.05, 0.1) is 17.9 Å². The molecule has 1 aliphatic rings. The van der Waals surface area contributed by atoms with Crippen molar-refractivity contribution in [1.82, 2.24) is 19.7 Å². The summed E-state index contributed by atoms with van der Waals surface area (Å²) < 4.78 is 1.61. The Morgan fingerprint density at radius 1 is 1.36 bits per heavy atom. The Labute approximate surface area is 148 Å². The highest BCUT2D eigenvalue weighted by molar-refractivity contribution is 5.42. The third-order valence-corrected chi connectivity index (χ3v) is 4.80. The lowest BCUT2D eigenvalue weighted by Gasteiger charge is -2.33. The number of nitrogens with zero attached hydrogens (tertiary/aromatic N) is 6. The Bertz CT molecular complexity index is 787. The molecule has 2 aromatic heterocycles. The van der Waals surface area contributed by atoms with Gasteiger partial charge in [-0.2, -0.15) is 5.10 Å². The quantitative estimate of drug-likeness (QED) is 0.847. The van der Waals surface area contributed by atoms with E-state index in [1.54, 1.807) is 23.1 Å². The second-order valence-corrected chi connectivity index (χ2v) is 6.94. The largest absolute Gasteiger partial charge is 0.371 e. The maximum atomic E-state index is 12.6. The van der Waals surface area contributed by atoms with Gasteiger partial charge in [-0.25, -0.2) is 14.6 Å². The Hall–Kier alpha value is -2.44. The highest BCUT2D eigenvalue weighted by Crippen LogP contribution is 2.23. The summed E-state index contributed by atoms with van der Waals surface area (Å²) in [4.78, 5) is 25.7. The molecule has 0 radical (unpaired) electrons. The summed E-state index contributed by atoms with van der Waals surface area (Å²) in [7, 11) is 1.98. The van der Waals surface area contributed by atoms with Gasteiger partial charge in [-0.05, 0) is 39.7 Å². The van der Waals surface area contributed by atoms with Crippen LogP contribution in [-0.4, -0.2) is 45.9 Å². The topological polar surface area (TPSA) is 67.2 Å². The molecule has 1 fully saturated rings. The Kier molecular flexibility index (Phi) is 5.01. The molecular formula is C18H26N6O. The average Bonchev–Trinajstić information content (AvgIpc) is 2.61. The van der Waals surface area contributed by atoms with Gasteiger partial charge in [0.15, 0.2) is 0 Å². The zero-order valence-electron chi connectivity index (χ0n) is 15.4. The molecule has 1 atom stereocenters. The van der Waals surface area contributed by atoms with Crippen LogP contribution >= 0.6 is 0 Å². The van der Waals surface area contributed by atoms with Gasteiger partial charge in [0.1, 0.15) is 0 Å². The van der Waals surface area contributed by atoms with Gasteiger partial charge < -0.3 is 9.80 Å². The van der Waals surface area contributed by atoms with E-state index in [9.17, 15) is 4.79 Å². The molecule has 0 aliphatic carbocycles. The molecule has 1 aliphatic heterocycles. The molecule has 3 heterocycles. The van der Waals surface area contributed by atoms with Crippen molar-refractivity contribution in [3.05, 3.63) is 40.6 Å². The average molecular weight is 342 g/mol. The molecule has 0 N–H and O–H groups in total. The van der Waals surface area contributed by atoms with Crippen LogP contribution < -0.4 is 15.4 Å². The van der Waals surface area contributed by atoms with E-state index in [-0.39, 0.29) is 11.6 Å². The fraction of sp³-hybridized carbons (Fsp3) is 0.556. The van der Waals surface area contributed by atoms with E-state index in [4.69, 9.17) is 0 Å². The summed E-state index contributed by atoms with van der Waals surface area (Å²) in [5, 5.41) is 4.45. The first-order chi connectivity index (χ1) is 12.0. The Balaban J connectivity index is 1.81. The lowest BCUT2D eigenvalue weighted by atomic mass is 10.1. The molecular weight excluding hydrogens is 316 g/mol. The van der Waals surface area contributed by atoms with Crippen LogP contribution in [0.15, 0.2) is 29.3 Å². The smallest absolute Gasteiger partial charge is 0.269 e. The van der Waals surface area contributed by atoms with E-state index >= 15 is 0 Å². The molecule has 7 heteroatoms. The number of piperidine rings is 1. The molecule has 1 saturated heterocycles. The minimum atomic E-state index is -0.0537. The first-order valence-corrected chi connectivity index (χ1v) is 8.82. The third-order valence-electron chi connectivity index (χ3n) is 4.80. The minimum absolute atomic E-state index is 0.0452. The molecule has 0 aromatic carbocycles. The van der Waals surface area contributed by atoms with Crippen LogP contribution in [0.1, 0.15) is 38.4 Å². The zero-order chi connectivity index (χ0) is 18.0. The van der Waals surface area contributed by atoms with Gasteiger partial charge in [-0.15, -0.1) is 0 Å². The third kappa shape index (κ3) is 3.81. The monoisotopic (exact) mass is 342 g/mol. The van der Waals surface area contributed by atoms with Gasteiger partial charge in [-0.1, -0.05) is 0 Å². The van der Waals surface area contributed by atoms with Crippen molar-refractivity contribution in [3.8, 4) is 0 Å². The summed E-state index contributed by atoms with van der Waals surface area (Å²) in [5.41, 5.74) is 1.75. The van der Waals surface area contributed by atoms with Gasteiger partial charge in [0.2, 0.25) is 5.95 Å². The van der Waals surface area contributed by atoms with E-state index < -0.39 is 0 Å². The summed E-state index contributed by atoms with van der Waals surface area (Å²) in [6, 6.07) is 3.93. The SMILES string of the molecule is Cc1ccnc(N2CCC[C@@H](n3ncc(N(C)C(C)C)cc3=O)C2)n1. The van der Waals surface area contributed by atoms with E-state index in [0.717, 1.165) is 36.7 Å². The number of aromatic nitrogens is 4. The lowest BCUT2D eigenvalue weighted by molar-refractivity contribution is 0.360. The molecule has 0 amide bonds. The second-order valence-electron chi connectivity index (χ2n) is 6.94. The second kappa shape index (κ2) is 7.21. The molecule has 0 saturated carbocycles. The highest BCUT2D eigenvalue weighted by Gasteiger charge is 2.24. The lowest BCUT2D eigenvalue weighted by Crippen LogP contribution is -2.41. The van der Waals surface area contributed by atoms with Gasteiger partial charge in [0.25, 0.3) is 5.56 Å². The van der Waals surface area contributed by atoms with Crippen LogP contribution in [0.4, 0.5) is 11.6 Å². The Morgan fingerprint density at radius 2 is 2.16 bits per heavy atom. The van der Waals surface area contributed by atoms with E-state index in [1.807, 2.05) is 24.9 Å². The van der Waals surface area contributed by atoms with Crippen LogP contribution in [0, 0.1) is 6.92 Å². The predicted molar refractivity (Wildman–Crippen MR) is 99.3 cm³/mol. The van der Waals surface area contributed by atoms with Crippen LogP contribution in [0.25, 0.3) is 0 Å². The fourth-order valence-electron chi connectivity index (χ4n) is 3.10. The first-order valence-electron chi connectivity index (χ1n) is 8.82. The van der Waals surface area contributed by atoms with Crippen LogP contribution in [-0.2, 0) is 0 Å². The van der Waals surface area contributed by atoms with Crippen molar-refractivity contribution < 1.29 is 0 Å². The molecule has 25 heavy (non-hydrogen) atoms. The van der Waals surface area contributed by atoms with Crippen molar-refractivity contribution >= 4 is 11.6 Å². The fourth-order valence-corrected chi connectivity index (χ4v) is 3.10. The number of hydrogen-bond donors (Lipinski definition) is 0. The van der Waals surface area contributed by atoms with Crippen molar-refractivity contribution in [2.24, 2.45) is 0 Å². The standard InChI is InChI=1S/C18H26N6O/c1-13(2)22(4)16-10-17(25)24(20-11-16)15-6-5-9-23(12-15)18-19-8-7-14(3)21-18/h7-8,10-11,13,15H,5-6,9,12H2,1-4H3/t15-/m1/s1. The first kappa shape index (κ1) is 17.4. The van der Waals surface area contributed by atoms with Crippen LogP contribution in [0.5, 0.6) is 0 Å².